The Morgan fingerprint density at radius 3 is 2.41 bits per heavy atom. The molecule has 3 N–H and O–H groups in total. The van der Waals surface area contributed by atoms with Crippen LogP contribution in [-0.4, -0.2) is 22.7 Å². The molecule has 142 valence electrons. The molecule has 1 aromatic carbocycles. The molecule has 0 saturated carbocycles. The van der Waals surface area contributed by atoms with Crippen LogP contribution in [0.2, 0.25) is 0 Å². The highest BCUT2D eigenvalue weighted by Crippen LogP contribution is 2.38. The lowest BCUT2D eigenvalue weighted by molar-refractivity contribution is 0.0828. The standard InChI is InChI=1S/C19H20FN3O4/c1-10-15-13(23-26)8-19(2,3)9-14(15)27-16(10)18(25)22-21-17(24)11-4-6-12(20)7-5-11/h4-7,26H,8-9H2,1-3H3,(H,21,24)(H,22,25)/b23-13-. The van der Waals surface area contributed by atoms with Crippen LogP contribution in [0.25, 0.3) is 0 Å². The van der Waals surface area contributed by atoms with Crippen LogP contribution < -0.4 is 10.9 Å². The summed E-state index contributed by atoms with van der Waals surface area (Å²) >= 11 is 0. The number of fused-ring (bicyclic) bond motifs is 1. The van der Waals surface area contributed by atoms with E-state index in [4.69, 9.17) is 4.42 Å². The summed E-state index contributed by atoms with van der Waals surface area (Å²) in [5, 5.41) is 12.7. The van der Waals surface area contributed by atoms with E-state index in [0.717, 1.165) is 12.1 Å². The van der Waals surface area contributed by atoms with E-state index in [0.29, 0.717) is 35.4 Å². The number of carbonyl (C=O) groups excluding carboxylic acids is 2. The molecule has 0 aliphatic heterocycles. The predicted molar refractivity (Wildman–Crippen MR) is 95.2 cm³/mol. The average molecular weight is 373 g/mol. The van der Waals surface area contributed by atoms with Crippen molar-refractivity contribution in [1.29, 1.82) is 0 Å². The van der Waals surface area contributed by atoms with Gasteiger partial charge in [0.15, 0.2) is 5.76 Å². The van der Waals surface area contributed by atoms with Crippen molar-refractivity contribution in [2.24, 2.45) is 10.6 Å². The molecule has 0 saturated heterocycles. The van der Waals surface area contributed by atoms with Gasteiger partial charge in [0.2, 0.25) is 0 Å². The Hall–Kier alpha value is -3.16. The minimum Gasteiger partial charge on any atom is -0.455 e. The number of hydrogen-bond donors (Lipinski definition) is 3. The summed E-state index contributed by atoms with van der Waals surface area (Å²) in [6, 6.07) is 4.91. The SMILES string of the molecule is Cc1c(C(=O)NNC(=O)c2ccc(F)cc2)oc2c1/C(=N\O)CC(C)(C)C2. The largest absolute Gasteiger partial charge is 0.455 e. The quantitative estimate of drug-likeness (QED) is 0.556. The number of hydrogen-bond acceptors (Lipinski definition) is 5. The fourth-order valence-corrected chi connectivity index (χ4v) is 3.26. The van der Waals surface area contributed by atoms with Gasteiger partial charge in [-0.15, -0.1) is 0 Å². The molecule has 0 fully saturated rings. The lowest BCUT2D eigenvalue weighted by atomic mass is 9.75. The van der Waals surface area contributed by atoms with Gasteiger partial charge in [-0.3, -0.25) is 20.4 Å². The molecule has 0 atom stereocenters. The molecule has 27 heavy (non-hydrogen) atoms. The van der Waals surface area contributed by atoms with Gasteiger partial charge < -0.3 is 9.62 Å². The van der Waals surface area contributed by atoms with Gasteiger partial charge in [-0.1, -0.05) is 19.0 Å². The van der Waals surface area contributed by atoms with Crippen LogP contribution in [0.4, 0.5) is 4.39 Å². The maximum Gasteiger partial charge on any atom is 0.305 e. The summed E-state index contributed by atoms with van der Waals surface area (Å²) in [5.74, 6) is -1.06. The molecule has 0 spiro atoms. The Bertz CT molecular complexity index is 929. The summed E-state index contributed by atoms with van der Waals surface area (Å²) in [4.78, 5) is 24.5. The van der Waals surface area contributed by atoms with Gasteiger partial charge >= 0.3 is 5.91 Å². The van der Waals surface area contributed by atoms with E-state index < -0.39 is 17.6 Å². The first-order valence-corrected chi connectivity index (χ1v) is 8.41. The number of nitrogens with one attached hydrogen (secondary N) is 2. The molecule has 1 heterocycles. The third kappa shape index (κ3) is 3.69. The first kappa shape index (κ1) is 18.6. The van der Waals surface area contributed by atoms with Crippen molar-refractivity contribution < 1.29 is 23.6 Å². The molecular formula is C19H20FN3O4. The number of hydrazine groups is 1. The van der Waals surface area contributed by atoms with E-state index in [1.165, 1.54) is 12.1 Å². The average Bonchev–Trinajstić information content (AvgIpc) is 2.94. The number of oxime groups is 1. The van der Waals surface area contributed by atoms with Crippen molar-refractivity contribution in [1.82, 2.24) is 10.9 Å². The first-order valence-electron chi connectivity index (χ1n) is 8.41. The predicted octanol–water partition coefficient (Wildman–Crippen LogP) is 2.95. The maximum absolute atomic E-state index is 12.9. The lowest BCUT2D eigenvalue weighted by Crippen LogP contribution is -2.41. The molecule has 2 amide bonds. The summed E-state index contributed by atoms with van der Waals surface area (Å²) in [5.41, 5.74) is 6.23. The zero-order valence-electron chi connectivity index (χ0n) is 15.2. The number of benzene rings is 1. The van der Waals surface area contributed by atoms with Crippen molar-refractivity contribution >= 4 is 17.5 Å². The number of rotatable bonds is 2. The summed E-state index contributed by atoms with van der Waals surface area (Å²) < 4.78 is 18.6. The molecular weight excluding hydrogens is 353 g/mol. The number of amides is 2. The monoisotopic (exact) mass is 373 g/mol. The zero-order chi connectivity index (χ0) is 19.8. The second kappa shape index (κ2) is 6.86. The lowest BCUT2D eigenvalue weighted by Gasteiger charge is -2.28. The first-order chi connectivity index (χ1) is 12.7. The molecule has 8 heteroatoms. The van der Waals surface area contributed by atoms with Crippen LogP contribution in [0.3, 0.4) is 0 Å². The topological polar surface area (TPSA) is 104 Å². The Balaban J connectivity index is 1.77. The number of carbonyl (C=O) groups is 2. The molecule has 0 unspecified atom stereocenters. The smallest absolute Gasteiger partial charge is 0.305 e. The van der Waals surface area contributed by atoms with Crippen LogP contribution in [0.5, 0.6) is 0 Å². The van der Waals surface area contributed by atoms with E-state index in [1.807, 2.05) is 13.8 Å². The maximum atomic E-state index is 12.9. The summed E-state index contributed by atoms with van der Waals surface area (Å²) in [7, 11) is 0. The van der Waals surface area contributed by atoms with Crippen LogP contribution >= 0.6 is 0 Å². The fraction of sp³-hybridized carbons (Fsp3) is 0.316. The van der Waals surface area contributed by atoms with E-state index >= 15 is 0 Å². The number of halogens is 1. The van der Waals surface area contributed by atoms with Gasteiger partial charge in [0.05, 0.1) is 5.71 Å². The molecule has 7 nitrogen and oxygen atoms in total. The highest BCUT2D eigenvalue weighted by Gasteiger charge is 2.36. The van der Waals surface area contributed by atoms with E-state index in [1.54, 1.807) is 6.92 Å². The third-order valence-corrected chi connectivity index (χ3v) is 4.52. The number of nitrogens with zero attached hydrogens (tertiary/aromatic N) is 1. The van der Waals surface area contributed by atoms with Crippen molar-refractivity contribution in [3.63, 3.8) is 0 Å². The van der Waals surface area contributed by atoms with Gasteiger partial charge in [-0.05, 0) is 43.0 Å². The highest BCUT2D eigenvalue weighted by molar-refractivity contribution is 6.07. The van der Waals surface area contributed by atoms with Crippen molar-refractivity contribution in [2.45, 2.75) is 33.6 Å². The molecule has 2 aromatic rings. The van der Waals surface area contributed by atoms with Crippen molar-refractivity contribution in [2.75, 3.05) is 0 Å². The fourth-order valence-electron chi connectivity index (χ4n) is 3.26. The Morgan fingerprint density at radius 2 is 1.78 bits per heavy atom. The minimum atomic E-state index is -0.632. The third-order valence-electron chi connectivity index (χ3n) is 4.52. The summed E-state index contributed by atoms with van der Waals surface area (Å²) in [6.07, 6.45) is 1.15. The van der Waals surface area contributed by atoms with Gasteiger partial charge in [0.25, 0.3) is 5.91 Å². The zero-order valence-corrected chi connectivity index (χ0v) is 15.2. The second-order valence-corrected chi connectivity index (χ2v) is 7.33. The molecule has 1 aromatic heterocycles. The van der Waals surface area contributed by atoms with Crippen LogP contribution in [0.15, 0.2) is 33.8 Å². The molecule has 0 bridgehead atoms. The van der Waals surface area contributed by atoms with Crippen LogP contribution in [-0.2, 0) is 6.42 Å². The normalized spacial score (nSPS) is 16.7. The highest BCUT2D eigenvalue weighted by atomic mass is 19.1. The van der Waals surface area contributed by atoms with Gasteiger partial charge in [-0.25, -0.2) is 4.39 Å². The molecule has 1 aliphatic rings. The minimum absolute atomic E-state index is 0.0401. The molecule has 3 rings (SSSR count). The van der Waals surface area contributed by atoms with Crippen LogP contribution in [0.1, 0.15) is 58.1 Å². The van der Waals surface area contributed by atoms with Crippen molar-refractivity contribution in [3.8, 4) is 0 Å². The summed E-state index contributed by atoms with van der Waals surface area (Å²) in [6.45, 7) is 5.73. The van der Waals surface area contributed by atoms with Gasteiger partial charge in [-0.2, -0.15) is 0 Å². The van der Waals surface area contributed by atoms with Crippen molar-refractivity contribution in [3.05, 3.63) is 58.3 Å². The van der Waals surface area contributed by atoms with E-state index in [-0.39, 0.29) is 16.7 Å². The Kier molecular flexibility index (Phi) is 4.73. The van der Waals surface area contributed by atoms with E-state index in [2.05, 4.69) is 16.0 Å². The second-order valence-electron chi connectivity index (χ2n) is 7.33. The number of furan rings is 1. The van der Waals surface area contributed by atoms with Gasteiger partial charge in [0, 0.05) is 23.1 Å². The van der Waals surface area contributed by atoms with Gasteiger partial charge in [0.1, 0.15) is 11.6 Å². The Labute approximate surface area is 155 Å². The Morgan fingerprint density at radius 1 is 1.15 bits per heavy atom. The molecule has 1 aliphatic carbocycles. The molecule has 0 radical (unpaired) electrons. The van der Waals surface area contributed by atoms with Crippen LogP contribution in [0, 0.1) is 18.2 Å². The van der Waals surface area contributed by atoms with E-state index in [9.17, 15) is 19.2 Å².